The Bertz CT molecular complexity index is 711. The maximum atomic E-state index is 12.3. The van der Waals surface area contributed by atoms with Crippen molar-refractivity contribution in [2.75, 3.05) is 19.0 Å². The number of rotatable bonds is 8. The molecule has 0 unspecified atom stereocenters. The number of unbranched alkanes of at least 4 members (excludes halogenated alkanes) is 1. The van der Waals surface area contributed by atoms with Gasteiger partial charge in [-0.05, 0) is 36.2 Å². The largest absolute Gasteiger partial charge is 0.497 e. The van der Waals surface area contributed by atoms with E-state index in [1.807, 2.05) is 24.3 Å². The summed E-state index contributed by atoms with van der Waals surface area (Å²) in [5, 5.41) is 5.70. The molecule has 0 aliphatic heterocycles. The van der Waals surface area contributed by atoms with E-state index in [2.05, 4.69) is 17.6 Å². The van der Waals surface area contributed by atoms with Crippen LogP contribution in [0.1, 0.15) is 35.7 Å². The molecule has 2 N–H and O–H groups in total. The lowest BCUT2D eigenvalue weighted by Gasteiger charge is -2.11. The summed E-state index contributed by atoms with van der Waals surface area (Å²) in [6, 6.07) is 14.4. The third-order valence-corrected chi connectivity index (χ3v) is 3.79. The van der Waals surface area contributed by atoms with Crippen LogP contribution in [0.25, 0.3) is 0 Å². The van der Waals surface area contributed by atoms with E-state index in [9.17, 15) is 9.59 Å². The van der Waals surface area contributed by atoms with Gasteiger partial charge in [0.1, 0.15) is 5.75 Å². The minimum atomic E-state index is -0.172. The third-order valence-electron chi connectivity index (χ3n) is 3.79. The number of carbonyl (C=O) groups excluding carboxylic acids is 2. The van der Waals surface area contributed by atoms with Gasteiger partial charge in [-0.1, -0.05) is 37.6 Å². The standard InChI is InChI=1S/C20H24N2O3/c1-3-4-13-21-20(24)17-7-5-6-8-18(17)22-19(23)14-15-9-11-16(25-2)12-10-15/h5-12H,3-4,13-14H2,1-2H3,(H,21,24)(H,22,23). The van der Waals surface area contributed by atoms with Crippen LogP contribution in [0.4, 0.5) is 5.69 Å². The van der Waals surface area contributed by atoms with Gasteiger partial charge >= 0.3 is 0 Å². The van der Waals surface area contributed by atoms with E-state index in [-0.39, 0.29) is 18.2 Å². The van der Waals surface area contributed by atoms with Gasteiger partial charge < -0.3 is 15.4 Å². The van der Waals surface area contributed by atoms with Crippen LogP contribution < -0.4 is 15.4 Å². The fraction of sp³-hybridized carbons (Fsp3) is 0.300. The Morgan fingerprint density at radius 2 is 1.76 bits per heavy atom. The predicted molar refractivity (Wildman–Crippen MR) is 99.0 cm³/mol. The zero-order valence-corrected chi connectivity index (χ0v) is 14.7. The second-order valence-corrected chi connectivity index (χ2v) is 5.73. The molecule has 2 rings (SSSR count). The van der Waals surface area contributed by atoms with Gasteiger partial charge in [0.25, 0.3) is 5.91 Å². The number of para-hydroxylation sites is 1. The SMILES string of the molecule is CCCCNC(=O)c1ccccc1NC(=O)Cc1ccc(OC)cc1. The number of nitrogens with one attached hydrogen (secondary N) is 2. The molecule has 0 aliphatic rings. The third kappa shape index (κ3) is 5.64. The minimum absolute atomic E-state index is 0.168. The molecule has 0 spiro atoms. The molecular formula is C20H24N2O3. The predicted octanol–water partition coefficient (Wildman–Crippen LogP) is 3.41. The summed E-state index contributed by atoms with van der Waals surface area (Å²) in [5.41, 5.74) is 1.87. The van der Waals surface area contributed by atoms with Crippen molar-refractivity contribution in [3.8, 4) is 5.75 Å². The monoisotopic (exact) mass is 340 g/mol. The van der Waals surface area contributed by atoms with Crippen molar-refractivity contribution in [2.45, 2.75) is 26.2 Å². The molecule has 0 aromatic heterocycles. The Morgan fingerprint density at radius 1 is 1.04 bits per heavy atom. The summed E-state index contributed by atoms with van der Waals surface area (Å²) in [7, 11) is 1.60. The molecule has 0 heterocycles. The van der Waals surface area contributed by atoms with Gasteiger partial charge in [0.15, 0.2) is 0 Å². The van der Waals surface area contributed by atoms with E-state index >= 15 is 0 Å². The normalized spacial score (nSPS) is 10.2. The molecular weight excluding hydrogens is 316 g/mol. The van der Waals surface area contributed by atoms with Crippen LogP contribution in [0.5, 0.6) is 5.75 Å². The summed E-state index contributed by atoms with van der Waals surface area (Å²) in [5.74, 6) is 0.408. The Morgan fingerprint density at radius 3 is 2.44 bits per heavy atom. The van der Waals surface area contributed by atoms with Crippen LogP contribution in [0, 0.1) is 0 Å². The highest BCUT2D eigenvalue weighted by molar-refractivity contribution is 6.04. The number of methoxy groups -OCH3 is 1. The number of ether oxygens (including phenoxy) is 1. The highest BCUT2D eigenvalue weighted by Gasteiger charge is 2.13. The van der Waals surface area contributed by atoms with E-state index in [0.717, 1.165) is 24.2 Å². The quantitative estimate of drug-likeness (QED) is 0.724. The van der Waals surface area contributed by atoms with Gasteiger partial charge in [-0.3, -0.25) is 9.59 Å². The molecule has 5 nitrogen and oxygen atoms in total. The molecule has 0 saturated carbocycles. The van der Waals surface area contributed by atoms with E-state index < -0.39 is 0 Å². The smallest absolute Gasteiger partial charge is 0.253 e. The molecule has 25 heavy (non-hydrogen) atoms. The van der Waals surface area contributed by atoms with Crippen molar-refractivity contribution in [3.05, 3.63) is 59.7 Å². The number of hydrogen-bond donors (Lipinski definition) is 2. The summed E-state index contributed by atoms with van der Waals surface area (Å²) in [4.78, 5) is 24.6. The Labute approximate surface area is 148 Å². The van der Waals surface area contributed by atoms with Gasteiger partial charge in [0.05, 0.1) is 24.8 Å². The maximum Gasteiger partial charge on any atom is 0.253 e. The van der Waals surface area contributed by atoms with Crippen LogP contribution in [0.15, 0.2) is 48.5 Å². The summed E-state index contributed by atoms with van der Waals surface area (Å²) < 4.78 is 5.11. The fourth-order valence-electron chi connectivity index (χ4n) is 2.39. The van der Waals surface area contributed by atoms with E-state index in [1.54, 1.807) is 31.4 Å². The number of hydrogen-bond acceptors (Lipinski definition) is 3. The molecule has 0 atom stereocenters. The lowest BCUT2D eigenvalue weighted by molar-refractivity contribution is -0.115. The van der Waals surface area contributed by atoms with E-state index in [4.69, 9.17) is 4.74 Å². The highest BCUT2D eigenvalue weighted by atomic mass is 16.5. The summed E-state index contributed by atoms with van der Waals surface area (Å²) in [6.45, 7) is 2.70. The van der Waals surface area contributed by atoms with Crippen molar-refractivity contribution in [1.29, 1.82) is 0 Å². The van der Waals surface area contributed by atoms with Gasteiger partial charge in [0.2, 0.25) is 5.91 Å². The lowest BCUT2D eigenvalue weighted by atomic mass is 10.1. The van der Waals surface area contributed by atoms with Crippen LogP contribution in [0.2, 0.25) is 0 Å². The maximum absolute atomic E-state index is 12.3. The molecule has 2 aromatic carbocycles. The summed E-state index contributed by atoms with van der Waals surface area (Å²) >= 11 is 0. The van der Waals surface area contributed by atoms with Crippen LogP contribution in [-0.2, 0) is 11.2 Å². The second-order valence-electron chi connectivity index (χ2n) is 5.73. The molecule has 0 saturated heterocycles. The zero-order chi connectivity index (χ0) is 18.1. The van der Waals surface area contributed by atoms with Crippen LogP contribution in [0.3, 0.4) is 0 Å². The summed E-state index contributed by atoms with van der Waals surface area (Å²) in [6.07, 6.45) is 2.17. The number of carbonyl (C=O) groups is 2. The lowest BCUT2D eigenvalue weighted by Crippen LogP contribution is -2.26. The van der Waals surface area contributed by atoms with Crippen molar-refractivity contribution in [3.63, 3.8) is 0 Å². The highest BCUT2D eigenvalue weighted by Crippen LogP contribution is 2.16. The van der Waals surface area contributed by atoms with Crippen LogP contribution >= 0.6 is 0 Å². The second kappa shape index (κ2) is 9.47. The Kier molecular flexibility index (Phi) is 7.01. The Hall–Kier alpha value is -2.82. The molecule has 0 bridgehead atoms. The number of amides is 2. The number of anilines is 1. The van der Waals surface area contributed by atoms with Crippen LogP contribution in [-0.4, -0.2) is 25.5 Å². The molecule has 5 heteroatoms. The van der Waals surface area contributed by atoms with Crippen molar-refractivity contribution in [2.24, 2.45) is 0 Å². The fourth-order valence-corrected chi connectivity index (χ4v) is 2.39. The first-order valence-electron chi connectivity index (χ1n) is 8.44. The average Bonchev–Trinajstić information content (AvgIpc) is 2.63. The molecule has 2 aromatic rings. The van der Waals surface area contributed by atoms with Gasteiger partial charge in [-0.15, -0.1) is 0 Å². The topological polar surface area (TPSA) is 67.4 Å². The Balaban J connectivity index is 2.01. The van der Waals surface area contributed by atoms with Gasteiger partial charge in [-0.25, -0.2) is 0 Å². The first kappa shape index (κ1) is 18.5. The number of benzene rings is 2. The van der Waals surface area contributed by atoms with Gasteiger partial charge in [-0.2, -0.15) is 0 Å². The van der Waals surface area contributed by atoms with Gasteiger partial charge in [0, 0.05) is 6.54 Å². The van der Waals surface area contributed by atoms with E-state index in [1.165, 1.54) is 0 Å². The van der Waals surface area contributed by atoms with Crippen molar-refractivity contribution in [1.82, 2.24) is 5.32 Å². The molecule has 132 valence electrons. The molecule has 2 amide bonds. The minimum Gasteiger partial charge on any atom is -0.497 e. The van der Waals surface area contributed by atoms with Crippen molar-refractivity contribution >= 4 is 17.5 Å². The van der Waals surface area contributed by atoms with Crippen molar-refractivity contribution < 1.29 is 14.3 Å². The first-order valence-corrected chi connectivity index (χ1v) is 8.44. The molecule has 0 aliphatic carbocycles. The average molecular weight is 340 g/mol. The zero-order valence-electron chi connectivity index (χ0n) is 14.7. The molecule has 0 radical (unpaired) electrons. The van der Waals surface area contributed by atoms with E-state index in [0.29, 0.717) is 17.8 Å². The molecule has 0 fully saturated rings. The first-order chi connectivity index (χ1) is 12.1.